The lowest BCUT2D eigenvalue weighted by Crippen LogP contribution is -2.31. The molecule has 0 saturated carbocycles. The van der Waals surface area contributed by atoms with Crippen molar-refractivity contribution in [3.8, 4) is 11.1 Å². The fraction of sp³-hybridized carbons (Fsp3) is 0.273. The van der Waals surface area contributed by atoms with Gasteiger partial charge in [-0.3, -0.25) is 19.7 Å². The van der Waals surface area contributed by atoms with Gasteiger partial charge in [0, 0.05) is 29.8 Å². The first kappa shape index (κ1) is 20.1. The Morgan fingerprint density at radius 2 is 2.16 bits per heavy atom. The predicted molar refractivity (Wildman–Crippen MR) is 113 cm³/mol. The van der Waals surface area contributed by atoms with Gasteiger partial charge in [0.1, 0.15) is 23.4 Å². The van der Waals surface area contributed by atoms with Crippen molar-refractivity contribution in [2.24, 2.45) is 4.99 Å². The minimum absolute atomic E-state index is 0.299. The molecule has 1 fully saturated rings. The summed E-state index contributed by atoms with van der Waals surface area (Å²) in [5, 5.41) is 3.66. The molecule has 0 radical (unpaired) electrons. The molecule has 1 atom stereocenters. The molecule has 2 aliphatic rings. The van der Waals surface area contributed by atoms with Crippen molar-refractivity contribution in [2.45, 2.75) is 18.9 Å². The van der Waals surface area contributed by atoms with Crippen LogP contribution in [0.3, 0.4) is 0 Å². The Morgan fingerprint density at radius 3 is 2.88 bits per heavy atom. The SMILES string of the molecule is O=C1O[C@@H](CCc2ccno2)CN1c1ccc(-c2ccc(C3=NCCON3)nc2)c(F)c1. The summed E-state index contributed by atoms with van der Waals surface area (Å²) in [6.07, 6.45) is 3.57. The first-order valence-corrected chi connectivity index (χ1v) is 10.2. The van der Waals surface area contributed by atoms with E-state index in [-0.39, 0.29) is 6.10 Å². The maximum Gasteiger partial charge on any atom is 0.414 e. The summed E-state index contributed by atoms with van der Waals surface area (Å²) in [7, 11) is 0. The van der Waals surface area contributed by atoms with E-state index in [9.17, 15) is 9.18 Å². The highest BCUT2D eigenvalue weighted by Gasteiger charge is 2.32. The third kappa shape index (κ3) is 4.17. The number of aromatic nitrogens is 2. The highest BCUT2D eigenvalue weighted by atomic mass is 19.1. The van der Waals surface area contributed by atoms with Crippen LogP contribution in [0.5, 0.6) is 0 Å². The number of anilines is 1. The summed E-state index contributed by atoms with van der Waals surface area (Å²) < 4.78 is 25.4. The van der Waals surface area contributed by atoms with E-state index < -0.39 is 11.9 Å². The van der Waals surface area contributed by atoms with Crippen molar-refractivity contribution < 1.29 is 23.3 Å². The van der Waals surface area contributed by atoms with E-state index in [0.717, 1.165) is 5.76 Å². The number of ether oxygens (including phenoxy) is 1. The van der Waals surface area contributed by atoms with Crippen LogP contribution in [0.25, 0.3) is 11.1 Å². The zero-order chi connectivity index (χ0) is 21.9. The number of benzene rings is 1. The minimum atomic E-state index is -0.492. The average molecular weight is 437 g/mol. The van der Waals surface area contributed by atoms with Crippen molar-refractivity contribution in [1.82, 2.24) is 15.6 Å². The molecule has 0 aliphatic carbocycles. The highest BCUT2D eigenvalue weighted by Crippen LogP contribution is 2.29. The normalized spacial score (nSPS) is 18.3. The smallest absolute Gasteiger partial charge is 0.414 e. The molecule has 5 rings (SSSR count). The average Bonchev–Trinajstić information content (AvgIpc) is 3.48. The Hall–Kier alpha value is -3.79. The Kier molecular flexibility index (Phi) is 5.51. The van der Waals surface area contributed by atoms with E-state index in [1.54, 1.807) is 42.7 Å². The number of aliphatic imine (C=N–C) groups is 1. The van der Waals surface area contributed by atoms with Gasteiger partial charge in [0.15, 0.2) is 5.84 Å². The third-order valence-electron chi connectivity index (χ3n) is 5.29. The van der Waals surface area contributed by atoms with Crippen LogP contribution in [-0.2, 0) is 16.0 Å². The van der Waals surface area contributed by atoms with Crippen molar-refractivity contribution in [3.05, 3.63) is 66.1 Å². The molecule has 1 amide bonds. The number of nitrogens with zero attached hydrogens (tertiary/aromatic N) is 4. The second kappa shape index (κ2) is 8.75. The number of carbonyl (C=O) groups excluding carboxylic acids is 1. The van der Waals surface area contributed by atoms with Crippen LogP contribution in [0.2, 0.25) is 0 Å². The van der Waals surface area contributed by atoms with Gasteiger partial charge >= 0.3 is 6.09 Å². The predicted octanol–water partition coefficient (Wildman–Crippen LogP) is 3.12. The van der Waals surface area contributed by atoms with Gasteiger partial charge in [-0.1, -0.05) is 11.2 Å². The molecular formula is C22H20FN5O4. The number of aryl methyl sites for hydroxylation is 1. The molecule has 4 heterocycles. The number of amides is 1. The number of halogens is 1. The van der Waals surface area contributed by atoms with Gasteiger partial charge in [0.05, 0.1) is 31.6 Å². The number of hydroxylamine groups is 1. The molecule has 3 aromatic rings. The van der Waals surface area contributed by atoms with Crippen LogP contribution in [0, 0.1) is 5.82 Å². The third-order valence-corrected chi connectivity index (χ3v) is 5.29. The van der Waals surface area contributed by atoms with E-state index in [1.807, 2.05) is 0 Å². The van der Waals surface area contributed by atoms with Crippen LogP contribution < -0.4 is 10.4 Å². The zero-order valence-corrected chi connectivity index (χ0v) is 17.0. The highest BCUT2D eigenvalue weighted by molar-refractivity contribution is 5.96. The van der Waals surface area contributed by atoms with Gasteiger partial charge in [0.2, 0.25) is 0 Å². The van der Waals surface area contributed by atoms with Gasteiger partial charge in [-0.15, -0.1) is 0 Å². The monoisotopic (exact) mass is 437 g/mol. The lowest BCUT2D eigenvalue weighted by Gasteiger charge is -2.15. The topological polar surface area (TPSA) is 102 Å². The van der Waals surface area contributed by atoms with Crippen molar-refractivity contribution in [3.63, 3.8) is 0 Å². The molecule has 1 N–H and O–H groups in total. The Bertz CT molecular complexity index is 1130. The number of pyridine rings is 1. The maximum atomic E-state index is 14.9. The first-order chi connectivity index (χ1) is 15.7. The fourth-order valence-electron chi connectivity index (χ4n) is 3.64. The van der Waals surface area contributed by atoms with Gasteiger partial charge in [-0.2, -0.15) is 0 Å². The van der Waals surface area contributed by atoms with Crippen LogP contribution in [0.1, 0.15) is 17.9 Å². The number of rotatable bonds is 6. The van der Waals surface area contributed by atoms with Gasteiger partial charge in [0.25, 0.3) is 0 Å². The molecule has 2 aliphatic heterocycles. The molecule has 32 heavy (non-hydrogen) atoms. The fourth-order valence-corrected chi connectivity index (χ4v) is 3.64. The molecule has 1 saturated heterocycles. The second-order valence-electron chi connectivity index (χ2n) is 7.41. The van der Waals surface area contributed by atoms with E-state index in [2.05, 4.69) is 20.6 Å². The Labute approximate surface area is 182 Å². The van der Waals surface area contributed by atoms with Gasteiger partial charge < -0.3 is 9.26 Å². The van der Waals surface area contributed by atoms with Crippen molar-refractivity contribution in [2.75, 3.05) is 24.6 Å². The summed E-state index contributed by atoms with van der Waals surface area (Å²) in [6.45, 7) is 1.41. The van der Waals surface area contributed by atoms with Gasteiger partial charge in [-0.05, 0) is 30.7 Å². The van der Waals surface area contributed by atoms with Crippen molar-refractivity contribution >= 4 is 17.6 Å². The number of amidine groups is 1. The summed E-state index contributed by atoms with van der Waals surface area (Å²) in [5.41, 5.74) is 4.78. The molecule has 0 spiro atoms. The molecule has 10 heteroatoms. The van der Waals surface area contributed by atoms with E-state index in [0.29, 0.717) is 60.9 Å². The molecule has 164 valence electrons. The second-order valence-corrected chi connectivity index (χ2v) is 7.41. The molecular weight excluding hydrogens is 417 g/mol. The molecule has 0 bridgehead atoms. The van der Waals surface area contributed by atoms with Gasteiger partial charge in [-0.25, -0.2) is 14.7 Å². The van der Waals surface area contributed by atoms with Crippen LogP contribution in [0.15, 0.2) is 58.3 Å². The molecule has 1 aromatic carbocycles. The summed E-state index contributed by atoms with van der Waals surface area (Å²) >= 11 is 0. The summed E-state index contributed by atoms with van der Waals surface area (Å²) in [5.74, 6) is 0.823. The summed E-state index contributed by atoms with van der Waals surface area (Å²) in [4.78, 5) is 27.5. The maximum absolute atomic E-state index is 14.9. The van der Waals surface area contributed by atoms with Crippen LogP contribution >= 0.6 is 0 Å². The van der Waals surface area contributed by atoms with E-state index in [4.69, 9.17) is 14.1 Å². The summed E-state index contributed by atoms with van der Waals surface area (Å²) in [6, 6.07) is 9.97. The van der Waals surface area contributed by atoms with E-state index in [1.165, 1.54) is 11.0 Å². The van der Waals surface area contributed by atoms with E-state index >= 15 is 0 Å². The lowest BCUT2D eigenvalue weighted by molar-refractivity contribution is 0.0824. The zero-order valence-electron chi connectivity index (χ0n) is 17.0. The van der Waals surface area contributed by atoms with Crippen LogP contribution in [0.4, 0.5) is 14.9 Å². The molecule has 0 unspecified atom stereocenters. The number of cyclic esters (lactones) is 1. The molecule has 9 nitrogen and oxygen atoms in total. The quantitative estimate of drug-likeness (QED) is 0.632. The van der Waals surface area contributed by atoms with Crippen molar-refractivity contribution in [1.29, 1.82) is 0 Å². The first-order valence-electron chi connectivity index (χ1n) is 10.2. The minimum Gasteiger partial charge on any atom is -0.444 e. The Morgan fingerprint density at radius 1 is 1.22 bits per heavy atom. The number of hydrogen-bond donors (Lipinski definition) is 1. The standard InChI is InChI=1S/C22H20FN5O4/c23-19-11-15(28-13-17(31-22(28)29)4-3-16-7-8-26-32-16)2-5-18(19)14-1-6-20(25-12-14)21-24-9-10-30-27-21/h1-2,5-8,11-12,17H,3-4,9-10,13H2,(H,24,27)/t17-/m0/s1. The largest absolute Gasteiger partial charge is 0.444 e. The number of carbonyl (C=O) groups is 1. The molecule has 2 aromatic heterocycles. The lowest BCUT2D eigenvalue weighted by atomic mass is 10.1. The number of hydrogen-bond acceptors (Lipinski definition) is 8. The van der Waals surface area contributed by atoms with Crippen LogP contribution in [-0.4, -0.2) is 47.9 Å². The Balaban J connectivity index is 1.28. The number of nitrogens with one attached hydrogen (secondary N) is 1.